The Hall–Kier alpha value is -0.400. The second-order valence-electron chi connectivity index (χ2n) is 5.60. The van der Waals surface area contributed by atoms with E-state index in [0.29, 0.717) is 5.75 Å². The van der Waals surface area contributed by atoms with Gasteiger partial charge in [-0.05, 0) is 12.7 Å². The molecule has 1 unspecified atom stereocenters. The lowest BCUT2D eigenvalue weighted by Gasteiger charge is -2.47. The normalized spacial score (nSPS) is 23.8. The van der Waals surface area contributed by atoms with Crippen molar-refractivity contribution in [3.63, 3.8) is 0 Å². The molecule has 5 nitrogen and oxygen atoms in total. The molecule has 0 saturated carbocycles. The lowest BCUT2D eigenvalue weighted by atomic mass is 9.93. The van der Waals surface area contributed by atoms with Crippen molar-refractivity contribution < 1.29 is 14.3 Å². The number of hydrogen-bond donors (Lipinski definition) is 0. The highest BCUT2D eigenvalue weighted by Gasteiger charge is 2.50. The number of carbonyl (C=O) groups excluding carboxylic acids is 2. The van der Waals surface area contributed by atoms with Crippen molar-refractivity contribution in [2.45, 2.75) is 17.3 Å². The molecule has 2 heterocycles. The maximum Gasteiger partial charge on any atom is 0.248 e. The highest BCUT2D eigenvalue weighted by Crippen LogP contribution is 2.46. The zero-order chi connectivity index (χ0) is 14.8. The van der Waals surface area contributed by atoms with Gasteiger partial charge in [0.15, 0.2) is 0 Å². The summed E-state index contributed by atoms with van der Waals surface area (Å²) in [6.45, 7) is 1.82. The Morgan fingerprint density at radius 3 is 2.75 bits per heavy atom. The van der Waals surface area contributed by atoms with Gasteiger partial charge in [0.2, 0.25) is 11.8 Å². The van der Waals surface area contributed by atoms with Gasteiger partial charge in [-0.25, -0.2) is 0 Å². The number of rotatable bonds is 5. The zero-order valence-corrected chi connectivity index (χ0v) is 13.9. The lowest BCUT2D eigenvalue weighted by Crippen LogP contribution is -2.61. The van der Waals surface area contributed by atoms with Crippen LogP contribution in [0.4, 0.5) is 0 Å². The Kier molecular flexibility index (Phi) is 5.25. The summed E-state index contributed by atoms with van der Waals surface area (Å²) in [5, 5.41) is 0. The Balaban J connectivity index is 1.71. The molecule has 1 spiro atoms. The Labute approximate surface area is 128 Å². The lowest BCUT2D eigenvalue weighted by molar-refractivity contribution is -0.136. The van der Waals surface area contributed by atoms with Gasteiger partial charge in [0, 0.05) is 32.9 Å². The first-order valence-corrected chi connectivity index (χ1v) is 9.06. The van der Waals surface area contributed by atoms with Gasteiger partial charge < -0.3 is 14.5 Å². The van der Waals surface area contributed by atoms with Crippen LogP contribution in [0.1, 0.15) is 6.42 Å². The van der Waals surface area contributed by atoms with Crippen LogP contribution in [-0.4, -0.2) is 84.0 Å². The predicted molar refractivity (Wildman–Crippen MR) is 83.2 cm³/mol. The maximum atomic E-state index is 11.8. The standard InChI is InChI=1S/C13H22N2O3S2/c1-14(2)11(16)5-18-10-4-13(20-6-10)8-15(9-13)12(17)7-19-3/h10H,4-9H2,1-3H3. The largest absolute Gasteiger partial charge is 0.367 e. The minimum atomic E-state index is 0.00124. The molecule has 2 aliphatic rings. The first-order valence-electron chi connectivity index (χ1n) is 6.68. The molecule has 2 saturated heterocycles. The molecule has 0 bridgehead atoms. The van der Waals surface area contributed by atoms with Crippen LogP contribution in [0, 0.1) is 0 Å². The van der Waals surface area contributed by atoms with Crippen molar-refractivity contribution in [3.05, 3.63) is 0 Å². The first-order chi connectivity index (χ1) is 9.46. The molecular formula is C13H22N2O3S2. The van der Waals surface area contributed by atoms with Crippen LogP contribution < -0.4 is 0 Å². The molecule has 7 heteroatoms. The smallest absolute Gasteiger partial charge is 0.248 e. The van der Waals surface area contributed by atoms with E-state index in [-0.39, 0.29) is 29.3 Å². The van der Waals surface area contributed by atoms with Crippen LogP contribution in [0.5, 0.6) is 0 Å². The van der Waals surface area contributed by atoms with Gasteiger partial charge in [0.1, 0.15) is 6.61 Å². The number of amides is 2. The molecule has 114 valence electrons. The van der Waals surface area contributed by atoms with Crippen molar-refractivity contribution >= 4 is 35.3 Å². The van der Waals surface area contributed by atoms with Gasteiger partial charge >= 0.3 is 0 Å². The van der Waals surface area contributed by atoms with Gasteiger partial charge in [0.25, 0.3) is 0 Å². The second kappa shape index (κ2) is 6.58. The van der Waals surface area contributed by atoms with Crippen LogP contribution in [-0.2, 0) is 14.3 Å². The van der Waals surface area contributed by atoms with Crippen LogP contribution >= 0.6 is 23.5 Å². The summed E-state index contributed by atoms with van der Waals surface area (Å²) in [5.41, 5.74) is 0. The number of nitrogens with zero attached hydrogens (tertiary/aromatic N) is 2. The first kappa shape index (κ1) is 16.0. The third-order valence-corrected chi connectivity index (χ3v) is 5.81. The van der Waals surface area contributed by atoms with Crippen LogP contribution in [0.3, 0.4) is 0 Å². The fourth-order valence-corrected chi connectivity index (χ4v) is 4.47. The van der Waals surface area contributed by atoms with E-state index in [1.807, 2.05) is 22.9 Å². The van der Waals surface area contributed by atoms with E-state index in [4.69, 9.17) is 4.74 Å². The molecule has 0 aromatic heterocycles. The highest BCUT2D eigenvalue weighted by atomic mass is 32.2. The van der Waals surface area contributed by atoms with Crippen molar-refractivity contribution in [1.82, 2.24) is 9.80 Å². The Morgan fingerprint density at radius 2 is 2.15 bits per heavy atom. The van der Waals surface area contributed by atoms with Crippen molar-refractivity contribution in [2.75, 3.05) is 51.6 Å². The molecule has 0 aromatic rings. The summed E-state index contributed by atoms with van der Waals surface area (Å²) in [6.07, 6.45) is 3.03. The van der Waals surface area contributed by atoms with Gasteiger partial charge in [-0.2, -0.15) is 11.8 Å². The minimum absolute atomic E-state index is 0.00124. The van der Waals surface area contributed by atoms with E-state index in [2.05, 4.69) is 0 Å². The summed E-state index contributed by atoms with van der Waals surface area (Å²) in [6, 6.07) is 0. The van der Waals surface area contributed by atoms with E-state index in [0.717, 1.165) is 25.3 Å². The molecule has 20 heavy (non-hydrogen) atoms. The molecule has 0 aromatic carbocycles. The summed E-state index contributed by atoms with van der Waals surface area (Å²) in [4.78, 5) is 26.7. The van der Waals surface area contributed by atoms with Gasteiger partial charge in [-0.15, -0.1) is 11.8 Å². The Morgan fingerprint density at radius 1 is 1.45 bits per heavy atom. The fraction of sp³-hybridized carbons (Fsp3) is 0.846. The van der Waals surface area contributed by atoms with E-state index in [1.165, 1.54) is 0 Å². The monoisotopic (exact) mass is 318 g/mol. The van der Waals surface area contributed by atoms with Gasteiger partial charge in [-0.1, -0.05) is 0 Å². The third kappa shape index (κ3) is 3.62. The Bertz CT molecular complexity index is 384. The molecule has 2 amide bonds. The number of carbonyl (C=O) groups is 2. The molecule has 2 rings (SSSR count). The number of likely N-dealkylation sites (N-methyl/N-ethyl adjacent to an activating group) is 1. The van der Waals surface area contributed by atoms with Crippen molar-refractivity contribution in [2.24, 2.45) is 0 Å². The summed E-state index contributed by atoms with van der Waals surface area (Å²) >= 11 is 3.46. The molecular weight excluding hydrogens is 296 g/mol. The SMILES string of the molecule is CSCC(=O)N1CC2(CC(OCC(=O)N(C)C)CS2)C1. The van der Waals surface area contributed by atoms with E-state index in [9.17, 15) is 9.59 Å². The molecule has 0 N–H and O–H groups in total. The fourth-order valence-electron chi connectivity index (χ4n) is 2.49. The average Bonchev–Trinajstić information content (AvgIpc) is 2.78. The van der Waals surface area contributed by atoms with Gasteiger partial charge in [-0.3, -0.25) is 9.59 Å². The van der Waals surface area contributed by atoms with Crippen LogP contribution in [0.2, 0.25) is 0 Å². The molecule has 0 aliphatic carbocycles. The number of likely N-dealkylation sites (tertiary alicyclic amines) is 1. The average molecular weight is 318 g/mol. The highest BCUT2D eigenvalue weighted by molar-refractivity contribution is 8.01. The van der Waals surface area contributed by atoms with Gasteiger partial charge in [0.05, 0.1) is 16.6 Å². The quantitative estimate of drug-likeness (QED) is 0.740. The second-order valence-corrected chi connectivity index (χ2v) is 7.96. The summed E-state index contributed by atoms with van der Waals surface area (Å²) in [7, 11) is 3.47. The minimum Gasteiger partial charge on any atom is -0.367 e. The number of ether oxygens (including phenoxy) is 1. The number of hydrogen-bond acceptors (Lipinski definition) is 5. The van der Waals surface area contributed by atoms with Crippen molar-refractivity contribution in [3.8, 4) is 0 Å². The summed E-state index contributed by atoms with van der Waals surface area (Å²) in [5.74, 6) is 1.72. The topological polar surface area (TPSA) is 49.9 Å². The molecule has 2 aliphatic heterocycles. The maximum absolute atomic E-state index is 11.8. The van der Waals surface area contributed by atoms with Crippen molar-refractivity contribution in [1.29, 1.82) is 0 Å². The third-order valence-electron chi connectivity index (χ3n) is 3.69. The predicted octanol–water partition coefficient (Wildman–Crippen LogP) is 0.541. The molecule has 2 fully saturated rings. The van der Waals surface area contributed by atoms with E-state index in [1.54, 1.807) is 30.8 Å². The number of thioether (sulfide) groups is 2. The van der Waals surface area contributed by atoms with Crippen LogP contribution in [0.25, 0.3) is 0 Å². The molecule has 1 atom stereocenters. The zero-order valence-electron chi connectivity index (χ0n) is 12.3. The van der Waals surface area contributed by atoms with Crippen LogP contribution in [0.15, 0.2) is 0 Å². The summed E-state index contributed by atoms with van der Waals surface area (Å²) < 4.78 is 5.86. The van der Waals surface area contributed by atoms with E-state index >= 15 is 0 Å². The van der Waals surface area contributed by atoms with E-state index < -0.39 is 0 Å². The molecule has 0 radical (unpaired) electrons.